The molecule has 3 rings (SSSR count). The number of hydrogen-bond acceptors (Lipinski definition) is 7. The molecule has 0 radical (unpaired) electrons. The van der Waals surface area contributed by atoms with Crippen molar-refractivity contribution in [3.8, 4) is 11.5 Å². The third kappa shape index (κ3) is 5.14. The molecule has 0 saturated heterocycles. The Morgan fingerprint density at radius 1 is 0.969 bits per heavy atom. The number of amides is 1. The van der Waals surface area contributed by atoms with E-state index in [1.807, 2.05) is 0 Å². The molecule has 0 bridgehead atoms. The maximum atomic E-state index is 12.6. The number of hydrogen-bond donors (Lipinski definition) is 1. The van der Waals surface area contributed by atoms with E-state index in [1.165, 1.54) is 40.7 Å². The summed E-state index contributed by atoms with van der Waals surface area (Å²) >= 11 is 0. The van der Waals surface area contributed by atoms with Crippen LogP contribution in [0.2, 0.25) is 0 Å². The summed E-state index contributed by atoms with van der Waals surface area (Å²) in [5.74, 6) is 0.292. The van der Waals surface area contributed by atoms with E-state index in [9.17, 15) is 21.6 Å². The van der Waals surface area contributed by atoms with Crippen molar-refractivity contribution in [1.29, 1.82) is 0 Å². The molecule has 2 aromatic rings. The monoisotopic (exact) mass is 483 g/mol. The molecule has 174 valence electrons. The van der Waals surface area contributed by atoms with E-state index in [2.05, 4.69) is 5.32 Å². The lowest BCUT2D eigenvalue weighted by molar-refractivity contribution is -0.114. The first-order chi connectivity index (χ1) is 15.1. The van der Waals surface area contributed by atoms with Gasteiger partial charge in [-0.05, 0) is 36.4 Å². The van der Waals surface area contributed by atoms with Crippen molar-refractivity contribution in [2.24, 2.45) is 0 Å². The summed E-state index contributed by atoms with van der Waals surface area (Å²) in [4.78, 5) is 12.7. The molecule has 10 nitrogen and oxygen atoms in total. The van der Waals surface area contributed by atoms with Crippen LogP contribution in [-0.2, 0) is 24.8 Å². The van der Waals surface area contributed by atoms with Crippen LogP contribution in [0.5, 0.6) is 11.5 Å². The molecule has 32 heavy (non-hydrogen) atoms. The van der Waals surface area contributed by atoms with Crippen LogP contribution in [0, 0.1) is 0 Å². The lowest BCUT2D eigenvalue weighted by Crippen LogP contribution is -2.37. The molecule has 1 N–H and O–H groups in total. The van der Waals surface area contributed by atoms with E-state index >= 15 is 0 Å². The number of rotatable bonds is 9. The fourth-order valence-corrected chi connectivity index (χ4v) is 5.50. The van der Waals surface area contributed by atoms with Crippen LogP contribution >= 0.6 is 0 Å². The van der Waals surface area contributed by atoms with Gasteiger partial charge in [0.05, 0.1) is 16.8 Å². The Kier molecular flexibility index (Phi) is 6.96. The normalized spacial score (nSPS) is 13.2. The molecular weight excluding hydrogens is 458 g/mol. The Morgan fingerprint density at radius 2 is 1.59 bits per heavy atom. The Hall–Kier alpha value is -2.83. The Bertz CT molecular complexity index is 1190. The number of nitrogens with zero attached hydrogens (tertiary/aromatic N) is 2. The van der Waals surface area contributed by atoms with Crippen molar-refractivity contribution < 1.29 is 31.1 Å². The average Bonchev–Trinajstić information content (AvgIpc) is 3.20. The number of fused-ring (bicyclic) bond motifs is 1. The van der Waals surface area contributed by atoms with E-state index in [-0.39, 0.29) is 17.4 Å². The van der Waals surface area contributed by atoms with E-state index in [0.29, 0.717) is 30.3 Å². The SMILES string of the molecule is CCN(CC)S(=O)(=O)c1ccc(NC(=O)CN(c2ccc3c(c2)OCO3)S(C)(=O)=O)cc1. The topological polar surface area (TPSA) is 122 Å². The zero-order chi connectivity index (χ0) is 23.5. The maximum absolute atomic E-state index is 12.6. The summed E-state index contributed by atoms with van der Waals surface area (Å²) in [6.45, 7) is 3.76. The number of carbonyl (C=O) groups is 1. The third-order valence-electron chi connectivity index (χ3n) is 4.81. The predicted octanol–water partition coefficient (Wildman–Crippen LogP) is 1.85. The fourth-order valence-electron chi connectivity index (χ4n) is 3.19. The summed E-state index contributed by atoms with van der Waals surface area (Å²) in [5.41, 5.74) is 0.597. The molecule has 2 aromatic carbocycles. The van der Waals surface area contributed by atoms with Crippen LogP contribution < -0.4 is 19.1 Å². The highest BCUT2D eigenvalue weighted by Crippen LogP contribution is 2.36. The highest BCUT2D eigenvalue weighted by atomic mass is 32.2. The van der Waals surface area contributed by atoms with Gasteiger partial charge in [0.2, 0.25) is 32.7 Å². The zero-order valence-electron chi connectivity index (χ0n) is 17.9. The molecule has 1 heterocycles. The van der Waals surface area contributed by atoms with Crippen molar-refractivity contribution in [2.75, 3.05) is 42.3 Å². The first kappa shape index (κ1) is 23.8. The molecule has 0 fully saturated rings. The van der Waals surface area contributed by atoms with Gasteiger partial charge >= 0.3 is 0 Å². The van der Waals surface area contributed by atoms with E-state index in [1.54, 1.807) is 19.9 Å². The Morgan fingerprint density at radius 3 is 2.19 bits per heavy atom. The molecule has 1 amide bonds. The van der Waals surface area contributed by atoms with Crippen LogP contribution in [0.15, 0.2) is 47.4 Å². The number of sulfonamides is 2. The van der Waals surface area contributed by atoms with Gasteiger partial charge in [-0.1, -0.05) is 13.8 Å². The maximum Gasteiger partial charge on any atom is 0.245 e. The van der Waals surface area contributed by atoms with Crippen LogP contribution in [-0.4, -0.2) is 59.7 Å². The minimum Gasteiger partial charge on any atom is -0.454 e. The van der Waals surface area contributed by atoms with Gasteiger partial charge in [0, 0.05) is 24.8 Å². The van der Waals surface area contributed by atoms with Gasteiger partial charge in [0.15, 0.2) is 11.5 Å². The summed E-state index contributed by atoms with van der Waals surface area (Å²) in [6.07, 6.45) is 0.998. The second-order valence-electron chi connectivity index (χ2n) is 6.97. The molecule has 12 heteroatoms. The average molecular weight is 484 g/mol. The lowest BCUT2D eigenvalue weighted by atomic mass is 10.2. The predicted molar refractivity (Wildman–Crippen MR) is 120 cm³/mol. The Labute approximate surface area is 187 Å². The molecule has 1 aliphatic heterocycles. The Balaban J connectivity index is 1.74. The van der Waals surface area contributed by atoms with Crippen molar-refractivity contribution in [3.63, 3.8) is 0 Å². The van der Waals surface area contributed by atoms with E-state index < -0.39 is 32.5 Å². The number of nitrogens with one attached hydrogen (secondary N) is 1. The van der Waals surface area contributed by atoms with Crippen LogP contribution in [0.25, 0.3) is 0 Å². The minimum atomic E-state index is -3.77. The molecule has 0 aromatic heterocycles. The van der Waals surface area contributed by atoms with E-state index in [0.717, 1.165) is 10.6 Å². The second kappa shape index (κ2) is 9.35. The van der Waals surface area contributed by atoms with Gasteiger partial charge in [-0.15, -0.1) is 0 Å². The van der Waals surface area contributed by atoms with Crippen LogP contribution in [0.3, 0.4) is 0 Å². The molecule has 0 aliphatic carbocycles. The van der Waals surface area contributed by atoms with Crippen molar-refractivity contribution in [2.45, 2.75) is 18.7 Å². The molecule has 1 aliphatic rings. The molecule has 0 saturated carbocycles. The number of benzene rings is 2. The highest BCUT2D eigenvalue weighted by Gasteiger charge is 2.24. The number of ether oxygens (including phenoxy) is 2. The first-order valence-corrected chi connectivity index (χ1v) is 13.1. The molecular formula is C20H25N3O7S2. The molecule has 0 atom stereocenters. The third-order valence-corrected chi connectivity index (χ3v) is 8.02. The van der Waals surface area contributed by atoms with Gasteiger partial charge in [-0.25, -0.2) is 16.8 Å². The summed E-state index contributed by atoms with van der Waals surface area (Å²) in [6, 6.07) is 10.3. The van der Waals surface area contributed by atoms with Gasteiger partial charge in [0.25, 0.3) is 0 Å². The van der Waals surface area contributed by atoms with Gasteiger partial charge < -0.3 is 14.8 Å². The first-order valence-electron chi connectivity index (χ1n) is 9.83. The van der Waals surface area contributed by atoms with Crippen LogP contribution in [0.4, 0.5) is 11.4 Å². The summed E-state index contributed by atoms with van der Waals surface area (Å²) in [7, 11) is -7.39. The van der Waals surface area contributed by atoms with Crippen LogP contribution in [0.1, 0.15) is 13.8 Å². The largest absolute Gasteiger partial charge is 0.454 e. The minimum absolute atomic E-state index is 0.0398. The van der Waals surface area contributed by atoms with Gasteiger partial charge in [0.1, 0.15) is 6.54 Å². The quantitative estimate of drug-likeness (QED) is 0.577. The zero-order valence-corrected chi connectivity index (χ0v) is 19.6. The highest BCUT2D eigenvalue weighted by molar-refractivity contribution is 7.92. The molecule has 0 spiro atoms. The van der Waals surface area contributed by atoms with Crippen molar-refractivity contribution in [1.82, 2.24) is 4.31 Å². The summed E-state index contributed by atoms with van der Waals surface area (Å²) in [5, 5.41) is 2.59. The van der Waals surface area contributed by atoms with E-state index in [4.69, 9.17) is 9.47 Å². The van der Waals surface area contributed by atoms with Crippen molar-refractivity contribution in [3.05, 3.63) is 42.5 Å². The van der Waals surface area contributed by atoms with Crippen molar-refractivity contribution >= 4 is 37.3 Å². The fraction of sp³-hybridized carbons (Fsp3) is 0.350. The lowest BCUT2D eigenvalue weighted by Gasteiger charge is -2.22. The van der Waals surface area contributed by atoms with Gasteiger partial charge in [-0.3, -0.25) is 9.10 Å². The number of anilines is 2. The smallest absolute Gasteiger partial charge is 0.245 e. The number of carbonyl (C=O) groups excluding carboxylic acids is 1. The second-order valence-corrected chi connectivity index (χ2v) is 10.8. The molecule has 0 unspecified atom stereocenters. The van der Waals surface area contributed by atoms with Gasteiger partial charge in [-0.2, -0.15) is 4.31 Å². The standard InChI is InChI=1S/C20H25N3O7S2/c1-4-22(5-2)32(27,28)17-9-6-15(7-10-17)21-20(24)13-23(31(3,25)26)16-8-11-18-19(12-16)30-14-29-18/h6-12H,4-5,13-14H2,1-3H3,(H,21,24). The summed E-state index contributed by atoms with van der Waals surface area (Å²) < 4.78 is 62.5.